The average Bonchev–Trinajstić information content (AvgIpc) is 2.81. The van der Waals surface area contributed by atoms with Crippen molar-refractivity contribution in [2.24, 2.45) is 0 Å². The zero-order chi connectivity index (χ0) is 12.5. The lowest BCUT2D eigenvalue weighted by atomic mass is 10.2. The van der Waals surface area contributed by atoms with Crippen LogP contribution in [-0.4, -0.2) is 7.05 Å². The summed E-state index contributed by atoms with van der Waals surface area (Å²) in [5, 5.41) is 0. The molecule has 0 spiro atoms. The minimum atomic E-state index is 1.23. The molecule has 0 radical (unpaired) electrons. The number of aryl methyl sites for hydroxylation is 1. The van der Waals surface area contributed by atoms with Gasteiger partial charge in [0.2, 0.25) is 5.69 Å². The first-order valence-corrected chi connectivity index (χ1v) is 7.49. The van der Waals surface area contributed by atoms with Crippen LogP contribution in [0, 0.1) is 6.92 Å². The highest BCUT2D eigenvalue weighted by Crippen LogP contribution is 2.22. The summed E-state index contributed by atoms with van der Waals surface area (Å²) in [7, 11) is 2.13. The maximum absolute atomic E-state index is 2.26. The van der Waals surface area contributed by atoms with Gasteiger partial charge >= 0.3 is 3.98 Å². The number of hydrogen-bond acceptors (Lipinski definition) is 2. The normalized spacial score (nSPS) is 12.8. The molecule has 1 aromatic heterocycles. The van der Waals surface area contributed by atoms with Gasteiger partial charge in [-0.1, -0.05) is 46.9 Å². The van der Waals surface area contributed by atoms with Crippen LogP contribution in [0.5, 0.6) is 0 Å². The molecule has 0 atom stereocenters. The highest BCUT2D eigenvalue weighted by Gasteiger charge is 2.08. The van der Waals surface area contributed by atoms with Crippen LogP contribution in [0.4, 0.5) is 5.69 Å². The Morgan fingerprint density at radius 3 is 2.39 bits per heavy atom. The van der Waals surface area contributed by atoms with Crippen molar-refractivity contribution in [3.63, 3.8) is 0 Å². The van der Waals surface area contributed by atoms with E-state index < -0.39 is 0 Å². The van der Waals surface area contributed by atoms with Gasteiger partial charge in [-0.05, 0) is 24.6 Å². The van der Waals surface area contributed by atoms with Crippen molar-refractivity contribution < 1.29 is 0 Å². The van der Waals surface area contributed by atoms with Gasteiger partial charge in [0.15, 0.2) is 0 Å². The molecule has 3 rings (SSSR count). The van der Waals surface area contributed by atoms with E-state index in [1.165, 1.54) is 24.6 Å². The fraction of sp³-hybridized carbons (Fsp3) is 0.133. The summed E-state index contributed by atoms with van der Waals surface area (Å²) in [4.78, 5) is 0. The molecule has 0 aliphatic heterocycles. The Morgan fingerprint density at radius 1 is 0.889 bits per heavy atom. The van der Waals surface area contributed by atoms with Gasteiger partial charge in [0.05, 0.1) is 9.40 Å². The van der Waals surface area contributed by atoms with Crippen molar-refractivity contribution in [3.8, 4) is 0 Å². The van der Waals surface area contributed by atoms with E-state index in [0.29, 0.717) is 0 Å². The maximum atomic E-state index is 2.26. The van der Waals surface area contributed by atoms with Crippen molar-refractivity contribution in [1.29, 1.82) is 0 Å². The van der Waals surface area contributed by atoms with E-state index in [0.717, 1.165) is 0 Å². The highest BCUT2D eigenvalue weighted by molar-refractivity contribution is 7.35. The van der Waals surface area contributed by atoms with E-state index in [1.807, 2.05) is 22.7 Å². The minimum absolute atomic E-state index is 1.23. The van der Waals surface area contributed by atoms with Gasteiger partial charge in [-0.15, -0.1) is 0 Å². The monoisotopic (exact) mass is 272 g/mol. The Hall–Kier alpha value is -1.45. The molecule has 0 unspecified atom stereocenters. The summed E-state index contributed by atoms with van der Waals surface area (Å²) in [5.74, 6) is 0. The standard InChI is InChI=1S/C15H14NS2/c1-11-8-9-13-14(10-11)18-15(17-13)16(2)12-6-4-3-5-7-12/h3-10H,1-2H3/q+1. The minimum Gasteiger partial charge on any atom is -0.177 e. The molecular weight excluding hydrogens is 258 g/mol. The van der Waals surface area contributed by atoms with Crippen LogP contribution in [0.1, 0.15) is 5.56 Å². The molecule has 3 aromatic rings. The van der Waals surface area contributed by atoms with Crippen molar-refractivity contribution in [2.75, 3.05) is 7.05 Å². The fourth-order valence-electron chi connectivity index (χ4n) is 1.88. The number of hydrogen-bond donors (Lipinski definition) is 0. The lowest BCUT2D eigenvalue weighted by Crippen LogP contribution is -2.14. The Labute approximate surface area is 114 Å². The van der Waals surface area contributed by atoms with E-state index in [-0.39, 0.29) is 0 Å². The SMILES string of the molecule is Cc1ccc2sc(=[N+](C)c3ccccc3)sc2c1. The van der Waals surface area contributed by atoms with Crippen LogP contribution < -0.4 is 8.56 Å². The Kier molecular flexibility index (Phi) is 3.02. The van der Waals surface area contributed by atoms with Gasteiger partial charge in [0, 0.05) is 12.1 Å². The average molecular weight is 272 g/mol. The predicted octanol–water partition coefficient (Wildman–Crippen LogP) is 4.00. The molecule has 0 saturated heterocycles. The molecule has 2 aromatic carbocycles. The molecule has 0 bridgehead atoms. The van der Waals surface area contributed by atoms with Crippen LogP contribution in [-0.2, 0) is 0 Å². The third-order valence-electron chi connectivity index (χ3n) is 2.91. The Bertz CT molecular complexity index is 751. The molecule has 0 aliphatic carbocycles. The molecule has 0 saturated carbocycles. The van der Waals surface area contributed by atoms with Gasteiger partial charge in [-0.3, -0.25) is 0 Å². The van der Waals surface area contributed by atoms with Gasteiger partial charge in [-0.25, -0.2) is 0 Å². The topological polar surface area (TPSA) is 3.01 Å². The molecule has 90 valence electrons. The summed E-state index contributed by atoms with van der Waals surface area (Å²) in [6.07, 6.45) is 0. The third kappa shape index (κ3) is 2.11. The molecule has 3 heteroatoms. The Morgan fingerprint density at radius 2 is 1.61 bits per heavy atom. The zero-order valence-electron chi connectivity index (χ0n) is 10.4. The lowest BCUT2D eigenvalue weighted by molar-refractivity contribution is 0.931. The van der Waals surface area contributed by atoms with Crippen LogP contribution in [0.2, 0.25) is 0 Å². The van der Waals surface area contributed by atoms with Gasteiger partial charge < -0.3 is 0 Å². The van der Waals surface area contributed by atoms with E-state index in [9.17, 15) is 0 Å². The summed E-state index contributed by atoms with van der Waals surface area (Å²) in [5.41, 5.74) is 2.56. The number of rotatable bonds is 1. The predicted molar refractivity (Wildman–Crippen MR) is 81.7 cm³/mol. The number of para-hydroxylation sites is 1. The lowest BCUT2D eigenvalue weighted by Gasteiger charge is -1.91. The molecule has 18 heavy (non-hydrogen) atoms. The summed E-state index contributed by atoms with van der Waals surface area (Å²) in [6, 6.07) is 17.1. The largest absolute Gasteiger partial charge is 0.320 e. The second-order valence-electron chi connectivity index (χ2n) is 4.31. The van der Waals surface area contributed by atoms with E-state index in [2.05, 4.69) is 67.1 Å². The summed E-state index contributed by atoms with van der Waals surface area (Å²) in [6.45, 7) is 2.14. The molecule has 0 aliphatic rings. The fourth-order valence-corrected chi connectivity index (χ4v) is 4.41. The quantitative estimate of drug-likeness (QED) is 0.589. The molecular formula is C15H14NS2+. The molecule has 0 fully saturated rings. The van der Waals surface area contributed by atoms with E-state index in [4.69, 9.17) is 0 Å². The van der Waals surface area contributed by atoms with Crippen LogP contribution in [0.25, 0.3) is 9.40 Å². The molecule has 0 N–H and O–H groups in total. The highest BCUT2D eigenvalue weighted by atomic mass is 32.2. The first-order chi connectivity index (χ1) is 8.74. The first kappa shape index (κ1) is 11.6. The summed E-state index contributed by atoms with van der Waals surface area (Å²) < 4.78 is 6.31. The van der Waals surface area contributed by atoms with Crippen molar-refractivity contribution in [1.82, 2.24) is 4.58 Å². The Balaban J connectivity index is 2.25. The van der Waals surface area contributed by atoms with Gasteiger partial charge in [0.25, 0.3) is 0 Å². The van der Waals surface area contributed by atoms with Crippen LogP contribution in [0.15, 0.2) is 48.5 Å². The molecule has 0 amide bonds. The molecule has 1 heterocycles. The van der Waals surface area contributed by atoms with Crippen molar-refractivity contribution in [2.45, 2.75) is 6.92 Å². The third-order valence-corrected chi connectivity index (χ3v) is 5.57. The van der Waals surface area contributed by atoms with Gasteiger partial charge in [-0.2, -0.15) is 4.58 Å². The first-order valence-electron chi connectivity index (χ1n) is 5.86. The zero-order valence-corrected chi connectivity index (χ0v) is 12.0. The molecule has 1 nitrogen and oxygen atoms in total. The number of nitrogens with zero attached hydrogens (tertiary/aromatic N) is 1. The van der Waals surface area contributed by atoms with Crippen molar-refractivity contribution in [3.05, 3.63) is 58.1 Å². The summed E-state index contributed by atoms with van der Waals surface area (Å²) >= 11 is 3.71. The van der Waals surface area contributed by atoms with Crippen LogP contribution >= 0.6 is 22.7 Å². The number of fused-ring (bicyclic) bond motifs is 1. The van der Waals surface area contributed by atoms with Gasteiger partial charge in [0.1, 0.15) is 7.05 Å². The second kappa shape index (κ2) is 4.67. The second-order valence-corrected chi connectivity index (χ2v) is 6.63. The van der Waals surface area contributed by atoms with E-state index >= 15 is 0 Å². The van der Waals surface area contributed by atoms with Crippen LogP contribution in [0.3, 0.4) is 0 Å². The smallest absolute Gasteiger partial charge is 0.177 e. The van der Waals surface area contributed by atoms with Crippen molar-refractivity contribution >= 4 is 37.8 Å². The van der Waals surface area contributed by atoms with E-state index in [1.54, 1.807) is 0 Å². The number of benzene rings is 2. The maximum Gasteiger partial charge on any atom is 0.320 e.